The Kier molecular flexibility index (Phi) is 6.10. The predicted octanol–water partition coefficient (Wildman–Crippen LogP) is 2.68. The highest BCUT2D eigenvalue weighted by Gasteiger charge is 2.22. The van der Waals surface area contributed by atoms with Crippen molar-refractivity contribution in [2.75, 3.05) is 43.0 Å². The molecule has 1 aliphatic heterocycles. The number of piperazine rings is 1. The first-order valence-corrected chi connectivity index (χ1v) is 8.83. The molecule has 0 saturated carbocycles. The molecule has 0 aromatic heterocycles. The number of nitrogens with zero attached hydrogens (tertiary/aromatic N) is 2. The van der Waals surface area contributed by atoms with Crippen molar-refractivity contribution < 1.29 is 14.5 Å². The summed E-state index contributed by atoms with van der Waals surface area (Å²) in [7, 11) is 0. The number of hydrogen-bond acceptors (Lipinski definition) is 6. The molecule has 3 rings (SSSR count). The van der Waals surface area contributed by atoms with E-state index < -0.39 is 10.8 Å². The molecule has 8 nitrogen and oxygen atoms in total. The van der Waals surface area contributed by atoms with Crippen LogP contribution in [-0.2, 0) is 4.79 Å². The molecule has 1 amide bonds. The van der Waals surface area contributed by atoms with Gasteiger partial charge in [0.25, 0.3) is 11.6 Å². The van der Waals surface area contributed by atoms with Gasteiger partial charge in [-0.25, -0.2) is 0 Å². The lowest BCUT2D eigenvalue weighted by Crippen LogP contribution is -2.43. The van der Waals surface area contributed by atoms with Crippen LogP contribution in [-0.4, -0.2) is 43.6 Å². The molecule has 1 heterocycles. The first-order chi connectivity index (χ1) is 13.0. The number of ether oxygens (including phenoxy) is 1. The molecule has 2 N–H and O–H groups in total. The molecule has 142 valence electrons. The molecule has 0 aliphatic carbocycles. The van der Waals surface area contributed by atoms with Crippen LogP contribution in [0.2, 0.25) is 5.02 Å². The summed E-state index contributed by atoms with van der Waals surface area (Å²) in [6.07, 6.45) is 0. The molecule has 2 aromatic rings. The lowest BCUT2D eigenvalue weighted by Gasteiger charge is -2.29. The van der Waals surface area contributed by atoms with Crippen LogP contribution in [0.15, 0.2) is 42.5 Å². The van der Waals surface area contributed by atoms with Crippen LogP contribution in [0.25, 0.3) is 0 Å². The Balaban J connectivity index is 1.65. The van der Waals surface area contributed by atoms with Crippen molar-refractivity contribution in [1.82, 2.24) is 5.32 Å². The van der Waals surface area contributed by atoms with Crippen LogP contribution in [0.5, 0.6) is 5.75 Å². The maximum absolute atomic E-state index is 12.1. The molecular weight excluding hydrogens is 372 g/mol. The summed E-state index contributed by atoms with van der Waals surface area (Å²) in [6.45, 7) is 2.73. The van der Waals surface area contributed by atoms with E-state index in [1.807, 2.05) is 4.90 Å². The first kappa shape index (κ1) is 18.9. The fourth-order valence-electron chi connectivity index (χ4n) is 2.80. The fraction of sp³-hybridized carbons (Fsp3) is 0.278. The maximum Gasteiger partial charge on any atom is 0.294 e. The van der Waals surface area contributed by atoms with E-state index in [2.05, 4.69) is 10.6 Å². The lowest BCUT2D eigenvalue weighted by atomic mass is 10.2. The zero-order valence-corrected chi connectivity index (χ0v) is 15.2. The van der Waals surface area contributed by atoms with Gasteiger partial charge < -0.3 is 20.3 Å². The summed E-state index contributed by atoms with van der Waals surface area (Å²) >= 11 is 5.79. The standard InChI is InChI=1S/C18H19ClN4O4/c19-13-1-4-15(5-2-13)27-12-18(24)21-14-3-6-16(17(11-14)23(25)26)22-9-7-20-8-10-22/h1-6,11,20H,7-10,12H2,(H,21,24). The van der Waals surface area contributed by atoms with Crippen LogP contribution >= 0.6 is 11.6 Å². The average molecular weight is 391 g/mol. The largest absolute Gasteiger partial charge is 0.484 e. The van der Waals surface area contributed by atoms with Crippen LogP contribution < -0.4 is 20.3 Å². The summed E-state index contributed by atoms with van der Waals surface area (Å²) in [5.74, 6) is 0.101. The molecule has 9 heteroatoms. The highest BCUT2D eigenvalue weighted by molar-refractivity contribution is 6.30. The van der Waals surface area contributed by atoms with Gasteiger partial charge in [-0.3, -0.25) is 14.9 Å². The zero-order valence-electron chi connectivity index (χ0n) is 14.5. The van der Waals surface area contributed by atoms with Crippen LogP contribution in [0.1, 0.15) is 0 Å². The van der Waals surface area contributed by atoms with Crippen molar-refractivity contribution in [3.63, 3.8) is 0 Å². The Morgan fingerprint density at radius 3 is 2.59 bits per heavy atom. The third-order valence-electron chi connectivity index (χ3n) is 4.10. The Labute approximate surface area is 161 Å². The second kappa shape index (κ2) is 8.70. The number of nitro groups is 1. The molecule has 0 radical (unpaired) electrons. The van der Waals surface area contributed by atoms with Crippen molar-refractivity contribution in [3.8, 4) is 5.75 Å². The minimum Gasteiger partial charge on any atom is -0.484 e. The van der Waals surface area contributed by atoms with E-state index in [1.54, 1.807) is 36.4 Å². The quantitative estimate of drug-likeness (QED) is 0.581. The molecule has 1 aliphatic rings. The van der Waals surface area contributed by atoms with Gasteiger partial charge in [-0.2, -0.15) is 0 Å². The molecule has 0 atom stereocenters. The molecule has 27 heavy (non-hydrogen) atoms. The summed E-state index contributed by atoms with van der Waals surface area (Å²) in [5.41, 5.74) is 0.871. The molecule has 1 fully saturated rings. The highest BCUT2D eigenvalue weighted by atomic mass is 35.5. The molecular formula is C18H19ClN4O4. The Morgan fingerprint density at radius 2 is 1.93 bits per heavy atom. The Hall–Kier alpha value is -2.84. The first-order valence-electron chi connectivity index (χ1n) is 8.45. The van der Waals surface area contributed by atoms with Gasteiger partial charge in [0, 0.05) is 43.0 Å². The number of amides is 1. The van der Waals surface area contributed by atoms with Gasteiger partial charge in [0.1, 0.15) is 11.4 Å². The number of halogens is 1. The monoisotopic (exact) mass is 390 g/mol. The smallest absolute Gasteiger partial charge is 0.294 e. The van der Waals surface area contributed by atoms with E-state index in [-0.39, 0.29) is 12.3 Å². The van der Waals surface area contributed by atoms with E-state index in [0.717, 1.165) is 13.1 Å². The summed E-state index contributed by atoms with van der Waals surface area (Å²) in [6, 6.07) is 11.3. The molecule has 1 saturated heterocycles. The van der Waals surface area contributed by atoms with Crippen molar-refractivity contribution in [2.24, 2.45) is 0 Å². The van der Waals surface area contributed by atoms with Crippen molar-refractivity contribution in [1.29, 1.82) is 0 Å². The van der Waals surface area contributed by atoms with Gasteiger partial charge in [-0.05, 0) is 36.4 Å². The topological polar surface area (TPSA) is 96.7 Å². The van der Waals surface area contributed by atoms with Gasteiger partial charge >= 0.3 is 0 Å². The van der Waals surface area contributed by atoms with E-state index in [4.69, 9.17) is 16.3 Å². The van der Waals surface area contributed by atoms with E-state index >= 15 is 0 Å². The third kappa shape index (κ3) is 5.08. The van der Waals surface area contributed by atoms with Gasteiger partial charge in [-0.1, -0.05) is 11.6 Å². The number of hydrogen-bond donors (Lipinski definition) is 2. The number of carbonyl (C=O) groups excluding carboxylic acids is 1. The number of nitro benzene ring substituents is 1. The fourth-order valence-corrected chi connectivity index (χ4v) is 2.92. The van der Waals surface area contributed by atoms with Crippen molar-refractivity contribution in [2.45, 2.75) is 0 Å². The second-order valence-electron chi connectivity index (χ2n) is 5.99. The number of carbonyl (C=O) groups is 1. The van der Waals surface area contributed by atoms with Gasteiger partial charge in [-0.15, -0.1) is 0 Å². The van der Waals surface area contributed by atoms with Crippen LogP contribution in [0.4, 0.5) is 17.1 Å². The van der Waals surface area contributed by atoms with E-state index in [1.165, 1.54) is 6.07 Å². The Bertz CT molecular complexity index is 823. The summed E-state index contributed by atoms with van der Waals surface area (Å²) in [5, 5.41) is 17.9. The number of rotatable bonds is 6. The lowest BCUT2D eigenvalue weighted by molar-refractivity contribution is -0.384. The molecule has 2 aromatic carbocycles. The normalized spacial score (nSPS) is 13.9. The van der Waals surface area contributed by atoms with Crippen LogP contribution in [0.3, 0.4) is 0 Å². The second-order valence-corrected chi connectivity index (χ2v) is 6.42. The van der Waals surface area contributed by atoms with E-state index in [0.29, 0.717) is 35.2 Å². The average Bonchev–Trinajstić information content (AvgIpc) is 2.68. The molecule has 0 bridgehead atoms. The molecule has 0 unspecified atom stereocenters. The van der Waals surface area contributed by atoms with Gasteiger partial charge in [0.15, 0.2) is 6.61 Å². The highest BCUT2D eigenvalue weighted by Crippen LogP contribution is 2.31. The minimum atomic E-state index is -0.433. The van der Waals surface area contributed by atoms with Gasteiger partial charge in [0.05, 0.1) is 4.92 Å². The van der Waals surface area contributed by atoms with E-state index in [9.17, 15) is 14.9 Å². The van der Waals surface area contributed by atoms with Gasteiger partial charge in [0.2, 0.25) is 0 Å². The van der Waals surface area contributed by atoms with Crippen molar-refractivity contribution >= 4 is 34.6 Å². The minimum absolute atomic E-state index is 0.0340. The van der Waals surface area contributed by atoms with Crippen molar-refractivity contribution in [3.05, 3.63) is 57.6 Å². The van der Waals surface area contributed by atoms with Crippen LogP contribution in [0, 0.1) is 10.1 Å². The number of nitrogens with one attached hydrogen (secondary N) is 2. The Morgan fingerprint density at radius 1 is 1.22 bits per heavy atom. The summed E-state index contributed by atoms with van der Waals surface area (Å²) in [4.78, 5) is 25.1. The SMILES string of the molecule is O=C(COc1ccc(Cl)cc1)Nc1ccc(N2CCNCC2)c([N+](=O)[O-])c1. The third-order valence-corrected chi connectivity index (χ3v) is 4.35. The predicted molar refractivity (Wildman–Crippen MR) is 104 cm³/mol. The zero-order chi connectivity index (χ0) is 19.2. The maximum atomic E-state index is 12.1. The number of anilines is 2. The summed E-state index contributed by atoms with van der Waals surface area (Å²) < 4.78 is 5.37. The molecule has 0 spiro atoms. The number of benzene rings is 2.